The minimum Gasteiger partial charge on any atom is -0.482 e. The molecule has 2 atom stereocenters. The molecule has 36 heavy (non-hydrogen) atoms. The zero-order chi connectivity index (χ0) is 24.8. The lowest BCUT2D eigenvalue weighted by molar-refractivity contribution is -0.125. The second-order valence-electron chi connectivity index (χ2n) is 10.2. The Bertz CT molecular complexity index is 1170. The molecule has 4 aliphatic heterocycles. The third kappa shape index (κ3) is 4.10. The van der Waals surface area contributed by atoms with Crippen molar-refractivity contribution in [1.29, 1.82) is 0 Å². The van der Waals surface area contributed by atoms with Crippen LogP contribution < -0.4 is 15.0 Å². The molecule has 0 radical (unpaired) electrons. The fourth-order valence-electron chi connectivity index (χ4n) is 5.91. The van der Waals surface area contributed by atoms with E-state index in [-0.39, 0.29) is 12.0 Å². The molecular weight excluding hydrogens is 456 g/mol. The predicted molar refractivity (Wildman–Crippen MR) is 138 cm³/mol. The number of amides is 1. The number of aryl methyl sites for hydroxylation is 1. The van der Waals surface area contributed by atoms with Crippen LogP contribution in [0, 0.1) is 6.92 Å². The van der Waals surface area contributed by atoms with Crippen molar-refractivity contribution in [3.8, 4) is 5.75 Å². The van der Waals surface area contributed by atoms with Crippen LogP contribution in [0.2, 0.25) is 0 Å². The molecule has 1 amide bonds. The minimum atomic E-state index is -0.158. The lowest BCUT2D eigenvalue weighted by Gasteiger charge is -2.43. The summed E-state index contributed by atoms with van der Waals surface area (Å²) in [7, 11) is 0. The molecule has 6 heterocycles. The first-order chi connectivity index (χ1) is 17.5. The van der Waals surface area contributed by atoms with E-state index < -0.39 is 0 Å². The lowest BCUT2D eigenvalue weighted by Crippen LogP contribution is -2.52. The van der Waals surface area contributed by atoms with Crippen molar-refractivity contribution in [1.82, 2.24) is 19.8 Å². The van der Waals surface area contributed by atoms with E-state index in [2.05, 4.69) is 40.8 Å². The summed E-state index contributed by atoms with van der Waals surface area (Å²) in [4.78, 5) is 28.3. The molecule has 9 nitrogen and oxygen atoms in total. The lowest BCUT2D eigenvalue weighted by atomic mass is 9.92. The van der Waals surface area contributed by atoms with Gasteiger partial charge in [0.05, 0.1) is 30.2 Å². The number of hydrogen-bond donors (Lipinski definition) is 1. The van der Waals surface area contributed by atoms with Gasteiger partial charge in [-0.15, -0.1) is 0 Å². The number of carbonyl (C=O) groups excluding carboxylic acids is 1. The summed E-state index contributed by atoms with van der Waals surface area (Å²) < 4.78 is 12.1. The smallest absolute Gasteiger partial charge is 0.246 e. The Kier molecular flexibility index (Phi) is 6.05. The zero-order valence-corrected chi connectivity index (χ0v) is 21.1. The van der Waals surface area contributed by atoms with E-state index in [4.69, 9.17) is 19.4 Å². The number of rotatable bonds is 4. The van der Waals surface area contributed by atoms with E-state index in [1.807, 2.05) is 18.0 Å². The molecule has 1 N–H and O–H groups in total. The molecule has 6 rings (SSSR count). The van der Waals surface area contributed by atoms with Crippen LogP contribution in [0.3, 0.4) is 0 Å². The van der Waals surface area contributed by atoms with Crippen LogP contribution in [-0.2, 0) is 9.53 Å². The number of carbonyl (C=O) groups is 1. The highest BCUT2D eigenvalue weighted by atomic mass is 16.5. The first kappa shape index (κ1) is 23.2. The second-order valence-corrected chi connectivity index (χ2v) is 10.2. The monoisotopic (exact) mass is 490 g/mol. The quantitative estimate of drug-likeness (QED) is 0.655. The van der Waals surface area contributed by atoms with E-state index in [0.717, 1.165) is 98.8 Å². The van der Waals surface area contributed by atoms with Gasteiger partial charge in [-0.05, 0) is 38.5 Å². The fraction of sp³-hybridized carbons (Fsp3) is 0.519. The largest absolute Gasteiger partial charge is 0.482 e. The Morgan fingerprint density at radius 1 is 1.22 bits per heavy atom. The molecule has 3 fully saturated rings. The van der Waals surface area contributed by atoms with Gasteiger partial charge in [-0.25, -0.2) is 4.98 Å². The summed E-state index contributed by atoms with van der Waals surface area (Å²) in [5.74, 6) is 2.04. The zero-order valence-electron chi connectivity index (χ0n) is 21.1. The van der Waals surface area contributed by atoms with Crippen LogP contribution in [-0.4, -0.2) is 84.2 Å². The van der Waals surface area contributed by atoms with Crippen molar-refractivity contribution >= 4 is 23.1 Å². The Morgan fingerprint density at radius 3 is 2.81 bits per heavy atom. The first-order valence-electron chi connectivity index (χ1n) is 12.9. The molecule has 0 aromatic carbocycles. The van der Waals surface area contributed by atoms with Crippen LogP contribution >= 0.6 is 0 Å². The molecule has 9 heteroatoms. The van der Waals surface area contributed by atoms with E-state index in [1.165, 1.54) is 6.08 Å². The highest BCUT2D eigenvalue weighted by Crippen LogP contribution is 2.44. The SMILES string of the molecule is C=CC(=O)N1CCC(N2CC(c3cc4c(c(C)n3)O[C@@H](C)c3c(N5CCOCC5)ccnc3N4)C2)C1. The number of aromatic nitrogens is 2. The van der Waals surface area contributed by atoms with E-state index >= 15 is 0 Å². The van der Waals surface area contributed by atoms with Crippen molar-refractivity contribution < 1.29 is 14.3 Å². The van der Waals surface area contributed by atoms with Crippen molar-refractivity contribution in [3.63, 3.8) is 0 Å². The highest BCUT2D eigenvalue weighted by Gasteiger charge is 2.39. The highest BCUT2D eigenvalue weighted by molar-refractivity contribution is 5.87. The maximum absolute atomic E-state index is 11.9. The van der Waals surface area contributed by atoms with E-state index in [1.54, 1.807) is 0 Å². The Hall–Kier alpha value is -3.17. The van der Waals surface area contributed by atoms with Crippen molar-refractivity contribution in [2.45, 2.75) is 38.3 Å². The van der Waals surface area contributed by atoms with Gasteiger partial charge < -0.3 is 24.6 Å². The molecule has 0 aliphatic carbocycles. The average Bonchev–Trinajstić information content (AvgIpc) is 3.29. The topological polar surface area (TPSA) is 83.1 Å². The van der Waals surface area contributed by atoms with Crippen molar-refractivity contribution in [3.05, 3.63) is 47.9 Å². The third-order valence-electron chi connectivity index (χ3n) is 7.93. The van der Waals surface area contributed by atoms with E-state index in [0.29, 0.717) is 12.0 Å². The molecule has 2 aromatic heterocycles. The average molecular weight is 491 g/mol. The number of nitrogens with one attached hydrogen (secondary N) is 1. The van der Waals surface area contributed by atoms with E-state index in [9.17, 15) is 4.79 Å². The molecule has 190 valence electrons. The summed E-state index contributed by atoms with van der Waals surface area (Å²) in [5.41, 5.74) is 5.13. The maximum Gasteiger partial charge on any atom is 0.246 e. The Labute approximate surface area is 212 Å². The van der Waals surface area contributed by atoms with Gasteiger partial charge in [0, 0.05) is 68.8 Å². The van der Waals surface area contributed by atoms with Gasteiger partial charge in [-0.2, -0.15) is 0 Å². The number of pyridine rings is 2. The summed E-state index contributed by atoms with van der Waals surface area (Å²) in [6.45, 7) is 14.4. The predicted octanol–water partition coefficient (Wildman–Crippen LogP) is 3.00. The number of fused-ring (bicyclic) bond motifs is 2. The number of likely N-dealkylation sites (tertiary alicyclic amines) is 2. The summed E-state index contributed by atoms with van der Waals surface area (Å²) in [6, 6.07) is 4.63. The molecule has 0 spiro atoms. The first-order valence-corrected chi connectivity index (χ1v) is 12.9. The van der Waals surface area contributed by atoms with Crippen LogP contribution in [0.15, 0.2) is 31.0 Å². The van der Waals surface area contributed by atoms with Crippen molar-refractivity contribution in [2.75, 3.05) is 62.7 Å². The number of nitrogens with zero attached hydrogens (tertiary/aromatic N) is 5. The van der Waals surface area contributed by atoms with Gasteiger partial charge in [0.25, 0.3) is 0 Å². The standard InChI is InChI=1S/C27H34N6O3/c1-4-24(34)32-8-6-20(16-32)33-14-19(15-33)21-13-22-26(17(2)29-21)36-18(3)25-23(5-7-28-27(25)30-22)31-9-11-35-12-10-31/h4-5,7,13,18-20H,1,6,8-12,14-16H2,2-3H3,(H,28,30)/t18-,20?/m0/s1. The third-order valence-corrected chi connectivity index (χ3v) is 7.93. The number of ether oxygens (including phenoxy) is 2. The molecule has 1 unspecified atom stereocenters. The molecular formula is C27H34N6O3. The molecule has 3 saturated heterocycles. The Morgan fingerprint density at radius 2 is 2.03 bits per heavy atom. The van der Waals surface area contributed by atoms with Gasteiger partial charge in [-0.1, -0.05) is 6.58 Å². The summed E-state index contributed by atoms with van der Waals surface area (Å²) in [6.07, 6.45) is 4.14. The number of hydrogen-bond acceptors (Lipinski definition) is 8. The molecule has 4 aliphatic rings. The van der Waals surface area contributed by atoms with Crippen LogP contribution in [0.25, 0.3) is 0 Å². The molecule has 0 bridgehead atoms. The van der Waals surface area contributed by atoms with Crippen LogP contribution in [0.1, 0.15) is 42.3 Å². The normalized spacial score (nSPS) is 24.2. The maximum atomic E-state index is 11.9. The molecule has 0 saturated carbocycles. The van der Waals surface area contributed by atoms with Gasteiger partial charge in [-0.3, -0.25) is 14.7 Å². The number of morpholine rings is 1. The van der Waals surface area contributed by atoms with Gasteiger partial charge >= 0.3 is 0 Å². The minimum absolute atomic E-state index is 0.0311. The fourth-order valence-corrected chi connectivity index (χ4v) is 5.91. The van der Waals surface area contributed by atoms with Crippen molar-refractivity contribution in [2.24, 2.45) is 0 Å². The Balaban J connectivity index is 1.21. The number of anilines is 3. The summed E-state index contributed by atoms with van der Waals surface area (Å²) in [5, 5.41) is 3.59. The van der Waals surface area contributed by atoms with Gasteiger partial charge in [0.2, 0.25) is 5.91 Å². The summed E-state index contributed by atoms with van der Waals surface area (Å²) >= 11 is 0. The van der Waals surface area contributed by atoms with Crippen LogP contribution in [0.4, 0.5) is 17.2 Å². The van der Waals surface area contributed by atoms with Crippen LogP contribution in [0.5, 0.6) is 5.75 Å². The van der Waals surface area contributed by atoms with Gasteiger partial charge in [0.1, 0.15) is 11.9 Å². The second kappa shape index (κ2) is 9.37. The van der Waals surface area contributed by atoms with Gasteiger partial charge in [0.15, 0.2) is 5.75 Å². The molecule has 2 aromatic rings.